The highest BCUT2D eigenvalue weighted by Gasteiger charge is 2.07. The maximum absolute atomic E-state index is 5.10. The molecule has 2 rings (SSSR count). The molecule has 0 bridgehead atoms. The van der Waals surface area contributed by atoms with Gasteiger partial charge in [-0.3, -0.25) is 0 Å². The number of rotatable bonds is 5. The van der Waals surface area contributed by atoms with Gasteiger partial charge in [-0.1, -0.05) is 6.92 Å². The van der Waals surface area contributed by atoms with Crippen LogP contribution in [0.25, 0.3) is 5.65 Å². The summed E-state index contributed by atoms with van der Waals surface area (Å²) < 4.78 is 6.49. The molecule has 0 aromatic carbocycles. The van der Waals surface area contributed by atoms with Gasteiger partial charge in [-0.2, -0.15) is 0 Å². The summed E-state index contributed by atoms with van der Waals surface area (Å²) in [7, 11) is 1.68. The van der Waals surface area contributed by atoms with Gasteiger partial charge in [-0.25, -0.2) is 0 Å². The molecule has 0 spiro atoms. The lowest BCUT2D eigenvalue weighted by Gasteiger charge is -2.15. The van der Waals surface area contributed by atoms with Crippen LogP contribution in [0, 0.1) is 0 Å². The molecule has 1 atom stereocenters. The molecular formula is C9H14N6O. The predicted octanol–water partition coefficient (Wildman–Crippen LogP) is 0.356. The molecule has 0 fully saturated rings. The summed E-state index contributed by atoms with van der Waals surface area (Å²) >= 11 is 0. The normalized spacial score (nSPS) is 12.9. The number of methoxy groups -OCH3 is 1. The minimum absolute atomic E-state index is 0.242. The van der Waals surface area contributed by atoms with Crippen LogP contribution in [0.3, 0.4) is 0 Å². The summed E-state index contributed by atoms with van der Waals surface area (Å²) in [6.45, 7) is 2.73. The fourth-order valence-electron chi connectivity index (χ4n) is 1.40. The number of nitrogens with one attached hydrogen (secondary N) is 1. The van der Waals surface area contributed by atoms with E-state index in [-0.39, 0.29) is 6.04 Å². The summed E-state index contributed by atoms with van der Waals surface area (Å²) in [5.41, 5.74) is 0.630. The predicted molar refractivity (Wildman–Crippen MR) is 58.2 cm³/mol. The summed E-state index contributed by atoms with van der Waals surface area (Å²) in [5.74, 6) is 0.740. The van der Waals surface area contributed by atoms with Crippen LogP contribution < -0.4 is 5.32 Å². The Morgan fingerprint density at radius 1 is 1.50 bits per heavy atom. The number of nitrogens with zero attached hydrogens (tertiary/aromatic N) is 5. The third kappa shape index (κ3) is 2.25. The van der Waals surface area contributed by atoms with Crippen molar-refractivity contribution < 1.29 is 4.74 Å². The van der Waals surface area contributed by atoms with Crippen LogP contribution >= 0.6 is 0 Å². The summed E-state index contributed by atoms with van der Waals surface area (Å²) in [5, 5.41) is 18.5. The lowest BCUT2D eigenvalue weighted by Crippen LogP contribution is -2.24. The summed E-state index contributed by atoms with van der Waals surface area (Å²) in [4.78, 5) is 0. The van der Waals surface area contributed by atoms with E-state index in [1.54, 1.807) is 7.11 Å². The molecular weight excluding hydrogens is 208 g/mol. The molecule has 0 aliphatic carbocycles. The molecule has 1 N–H and O–H groups in total. The van der Waals surface area contributed by atoms with E-state index in [4.69, 9.17) is 4.74 Å². The Morgan fingerprint density at radius 2 is 2.38 bits per heavy atom. The van der Waals surface area contributed by atoms with Gasteiger partial charge in [0, 0.05) is 7.11 Å². The van der Waals surface area contributed by atoms with Gasteiger partial charge >= 0.3 is 0 Å². The molecule has 0 radical (unpaired) electrons. The summed E-state index contributed by atoms with van der Waals surface area (Å²) in [6.07, 6.45) is 0.961. The Morgan fingerprint density at radius 3 is 3.12 bits per heavy atom. The third-order valence-electron chi connectivity index (χ3n) is 2.28. The van der Waals surface area contributed by atoms with Crippen molar-refractivity contribution in [1.82, 2.24) is 25.3 Å². The first-order chi connectivity index (χ1) is 7.83. The highest BCUT2D eigenvalue weighted by atomic mass is 16.5. The molecule has 2 heterocycles. The maximum atomic E-state index is 5.10. The van der Waals surface area contributed by atoms with Crippen molar-refractivity contribution in [3.05, 3.63) is 12.1 Å². The molecule has 2 aromatic rings. The molecule has 0 aliphatic rings. The van der Waals surface area contributed by atoms with Crippen LogP contribution in [0.1, 0.15) is 13.3 Å². The average Bonchev–Trinajstić information content (AvgIpc) is 2.75. The molecule has 0 aliphatic heterocycles. The Labute approximate surface area is 92.8 Å². The number of fused-ring (bicyclic) bond motifs is 1. The fourth-order valence-corrected chi connectivity index (χ4v) is 1.40. The van der Waals surface area contributed by atoms with E-state index in [0.717, 1.165) is 12.2 Å². The molecule has 0 amide bonds. The Balaban J connectivity index is 2.13. The topological polar surface area (TPSA) is 77.2 Å². The second-order valence-corrected chi connectivity index (χ2v) is 3.45. The van der Waals surface area contributed by atoms with Gasteiger partial charge in [0.1, 0.15) is 5.82 Å². The molecule has 2 aromatic heterocycles. The first-order valence-electron chi connectivity index (χ1n) is 5.14. The molecule has 86 valence electrons. The van der Waals surface area contributed by atoms with Gasteiger partial charge in [0.25, 0.3) is 0 Å². The largest absolute Gasteiger partial charge is 0.383 e. The van der Waals surface area contributed by atoms with Crippen molar-refractivity contribution in [2.75, 3.05) is 19.0 Å². The average molecular weight is 222 g/mol. The number of hydrogen-bond acceptors (Lipinski definition) is 6. The number of aromatic nitrogens is 5. The monoisotopic (exact) mass is 222 g/mol. The molecule has 7 nitrogen and oxygen atoms in total. The van der Waals surface area contributed by atoms with Crippen molar-refractivity contribution in [2.24, 2.45) is 0 Å². The standard InChI is InChI=1S/C9H14N6O/c1-3-7(6-16-2)10-8-4-5-9-11-13-14-15(9)12-8/h4-5,7H,3,6H2,1-2H3,(H,10,12). The Bertz CT molecular complexity index is 456. The van der Waals surface area contributed by atoms with E-state index in [0.29, 0.717) is 12.3 Å². The number of ether oxygens (including phenoxy) is 1. The van der Waals surface area contributed by atoms with Crippen LogP contribution in [0.2, 0.25) is 0 Å². The van der Waals surface area contributed by atoms with Crippen LogP contribution in [0.15, 0.2) is 12.1 Å². The fraction of sp³-hybridized carbons (Fsp3) is 0.556. The van der Waals surface area contributed by atoms with Gasteiger partial charge in [-0.05, 0) is 29.0 Å². The minimum atomic E-state index is 0.242. The molecule has 1 unspecified atom stereocenters. The maximum Gasteiger partial charge on any atom is 0.200 e. The highest BCUT2D eigenvalue weighted by molar-refractivity contribution is 5.42. The minimum Gasteiger partial charge on any atom is -0.383 e. The zero-order chi connectivity index (χ0) is 11.4. The summed E-state index contributed by atoms with van der Waals surface area (Å²) in [6, 6.07) is 3.91. The number of tetrazole rings is 1. The number of anilines is 1. The van der Waals surface area contributed by atoms with Gasteiger partial charge < -0.3 is 10.1 Å². The van der Waals surface area contributed by atoms with Crippen LogP contribution in [0.4, 0.5) is 5.82 Å². The van der Waals surface area contributed by atoms with Gasteiger partial charge in [0.05, 0.1) is 12.6 Å². The van der Waals surface area contributed by atoms with E-state index >= 15 is 0 Å². The van der Waals surface area contributed by atoms with E-state index in [1.807, 2.05) is 12.1 Å². The van der Waals surface area contributed by atoms with Gasteiger partial charge in [-0.15, -0.1) is 14.8 Å². The smallest absolute Gasteiger partial charge is 0.200 e. The Kier molecular flexibility index (Phi) is 3.25. The van der Waals surface area contributed by atoms with E-state index < -0.39 is 0 Å². The van der Waals surface area contributed by atoms with Crippen molar-refractivity contribution >= 4 is 11.5 Å². The second-order valence-electron chi connectivity index (χ2n) is 3.45. The van der Waals surface area contributed by atoms with E-state index in [1.165, 1.54) is 4.63 Å². The first-order valence-corrected chi connectivity index (χ1v) is 5.14. The lowest BCUT2D eigenvalue weighted by atomic mass is 10.2. The van der Waals surface area contributed by atoms with Crippen molar-refractivity contribution in [2.45, 2.75) is 19.4 Å². The van der Waals surface area contributed by atoms with Crippen molar-refractivity contribution in [3.63, 3.8) is 0 Å². The Hall–Kier alpha value is -1.76. The van der Waals surface area contributed by atoms with E-state index in [2.05, 4.69) is 32.9 Å². The SMILES string of the molecule is CCC(COC)Nc1ccc2nnnn2n1. The second kappa shape index (κ2) is 4.84. The zero-order valence-corrected chi connectivity index (χ0v) is 9.29. The first kappa shape index (κ1) is 10.7. The van der Waals surface area contributed by atoms with Crippen LogP contribution in [-0.4, -0.2) is 45.0 Å². The third-order valence-corrected chi connectivity index (χ3v) is 2.28. The van der Waals surface area contributed by atoms with Gasteiger partial charge in [0.2, 0.25) is 0 Å². The van der Waals surface area contributed by atoms with Crippen molar-refractivity contribution in [3.8, 4) is 0 Å². The van der Waals surface area contributed by atoms with Crippen LogP contribution in [0.5, 0.6) is 0 Å². The number of hydrogen-bond donors (Lipinski definition) is 1. The van der Waals surface area contributed by atoms with E-state index in [9.17, 15) is 0 Å². The highest BCUT2D eigenvalue weighted by Crippen LogP contribution is 2.06. The van der Waals surface area contributed by atoms with Crippen LogP contribution in [-0.2, 0) is 4.74 Å². The zero-order valence-electron chi connectivity index (χ0n) is 9.29. The van der Waals surface area contributed by atoms with Gasteiger partial charge in [0.15, 0.2) is 5.65 Å². The van der Waals surface area contributed by atoms with Crippen molar-refractivity contribution in [1.29, 1.82) is 0 Å². The molecule has 0 saturated heterocycles. The quantitative estimate of drug-likeness (QED) is 0.786. The molecule has 0 saturated carbocycles. The molecule has 16 heavy (non-hydrogen) atoms. The lowest BCUT2D eigenvalue weighted by molar-refractivity contribution is 0.184. The molecule has 7 heteroatoms.